The number of hydrogen-bond donors (Lipinski definition) is 1. The first-order chi connectivity index (χ1) is 9.97. The maximum Gasteiger partial charge on any atom is 0.0589 e. The van der Waals surface area contributed by atoms with E-state index in [1.165, 1.54) is 16.7 Å². The second-order valence-electron chi connectivity index (χ2n) is 6.11. The molecule has 0 radical (unpaired) electrons. The minimum Gasteiger partial charge on any atom is -0.383 e. The van der Waals surface area contributed by atoms with Crippen LogP contribution in [-0.4, -0.2) is 44.3 Å². The second kappa shape index (κ2) is 9.19. The molecule has 3 heteroatoms. The molecule has 0 aliphatic carbocycles. The molecular weight excluding hydrogens is 260 g/mol. The Balaban J connectivity index is 2.88. The van der Waals surface area contributed by atoms with Gasteiger partial charge in [0.2, 0.25) is 0 Å². The van der Waals surface area contributed by atoms with Gasteiger partial charge in [-0.1, -0.05) is 36.2 Å². The van der Waals surface area contributed by atoms with E-state index in [0.29, 0.717) is 12.1 Å². The second-order valence-corrected chi connectivity index (χ2v) is 6.11. The van der Waals surface area contributed by atoms with Crippen LogP contribution in [0.1, 0.15) is 43.5 Å². The van der Waals surface area contributed by atoms with Crippen molar-refractivity contribution in [3.05, 3.63) is 34.9 Å². The molecule has 0 saturated carbocycles. The number of nitrogens with one attached hydrogen (secondary N) is 1. The topological polar surface area (TPSA) is 24.5 Å². The van der Waals surface area contributed by atoms with Gasteiger partial charge in [0.15, 0.2) is 0 Å². The Morgan fingerprint density at radius 3 is 2.24 bits per heavy atom. The van der Waals surface area contributed by atoms with E-state index in [1.54, 1.807) is 7.11 Å². The zero-order valence-electron chi connectivity index (χ0n) is 14.6. The Morgan fingerprint density at radius 2 is 1.76 bits per heavy atom. The molecule has 0 amide bonds. The first-order valence-corrected chi connectivity index (χ1v) is 8.02. The number of aryl methyl sites for hydroxylation is 2. The summed E-state index contributed by atoms with van der Waals surface area (Å²) >= 11 is 0. The Morgan fingerprint density at radius 1 is 1.14 bits per heavy atom. The fourth-order valence-electron chi connectivity index (χ4n) is 2.75. The van der Waals surface area contributed by atoms with Crippen LogP contribution in [0.4, 0.5) is 0 Å². The van der Waals surface area contributed by atoms with Crippen molar-refractivity contribution >= 4 is 0 Å². The van der Waals surface area contributed by atoms with E-state index in [4.69, 9.17) is 4.74 Å². The van der Waals surface area contributed by atoms with Crippen LogP contribution >= 0.6 is 0 Å². The number of hydrogen-bond acceptors (Lipinski definition) is 3. The van der Waals surface area contributed by atoms with Crippen LogP contribution < -0.4 is 5.32 Å². The van der Waals surface area contributed by atoms with E-state index in [9.17, 15) is 0 Å². The third-order valence-corrected chi connectivity index (χ3v) is 3.83. The van der Waals surface area contributed by atoms with Crippen molar-refractivity contribution < 1.29 is 4.74 Å². The average Bonchev–Trinajstić information content (AvgIpc) is 2.40. The predicted octanol–water partition coefficient (Wildman–Crippen LogP) is 3.31. The zero-order chi connectivity index (χ0) is 15.8. The van der Waals surface area contributed by atoms with E-state index in [-0.39, 0.29) is 0 Å². The summed E-state index contributed by atoms with van der Waals surface area (Å²) in [6, 6.07) is 7.72. The van der Waals surface area contributed by atoms with E-state index >= 15 is 0 Å². The Bertz CT molecular complexity index is 397. The Labute approximate surface area is 130 Å². The third kappa shape index (κ3) is 6.16. The molecule has 120 valence electrons. The van der Waals surface area contributed by atoms with E-state index in [2.05, 4.69) is 63.0 Å². The SMILES string of the molecule is CCNC(CN(CCOC)C(C)C)c1cc(C)cc(C)c1. The normalized spacial score (nSPS) is 13.1. The molecule has 0 aliphatic rings. The minimum absolute atomic E-state index is 0.368. The molecule has 0 saturated heterocycles. The molecule has 0 aromatic heterocycles. The molecule has 0 bridgehead atoms. The van der Waals surface area contributed by atoms with Gasteiger partial charge in [-0.05, 0) is 39.8 Å². The predicted molar refractivity (Wildman–Crippen MR) is 90.9 cm³/mol. The standard InChI is InChI=1S/C18H32N2O/c1-7-19-18(13-20(14(2)3)8-9-21-6)17-11-15(4)10-16(5)12-17/h10-12,14,18-19H,7-9,13H2,1-6H3. The van der Waals surface area contributed by atoms with E-state index < -0.39 is 0 Å². The lowest BCUT2D eigenvalue weighted by Crippen LogP contribution is -2.40. The Kier molecular flexibility index (Phi) is 7.94. The molecule has 3 nitrogen and oxygen atoms in total. The van der Waals surface area contributed by atoms with Crippen LogP contribution in [0.15, 0.2) is 18.2 Å². The number of likely N-dealkylation sites (N-methyl/N-ethyl adjacent to an activating group) is 1. The van der Waals surface area contributed by atoms with Crippen LogP contribution in [0.3, 0.4) is 0 Å². The summed E-state index contributed by atoms with van der Waals surface area (Å²) in [5, 5.41) is 3.63. The van der Waals surface area contributed by atoms with Crippen molar-refractivity contribution in [3.63, 3.8) is 0 Å². The number of rotatable bonds is 9. The fourth-order valence-corrected chi connectivity index (χ4v) is 2.75. The fraction of sp³-hybridized carbons (Fsp3) is 0.667. The molecule has 1 aromatic rings. The van der Waals surface area contributed by atoms with E-state index in [0.717, 1.165) is 26.2 Å². The highest BCUT2D eigenvalue weighted by molar-refractivity contribution is 5.31. The number of ether oxygens (including phenoxy) is 1. The van der Waals surface area contributed by atoms with Gasteiger partial charge in [-0.2, -0.15) is 0 Å². The molecule has 0 fully saturated rings. The summed E-state index contributed by atoms with van der Waals surface area (Å²) in [5.41, 5.74) is 4.05. The van der Waals surface area contributed by atoms with Gasteiger partial charge in [0.05, 0.1) is 6.61 Å². The maximum absolute atomic E-state index is 5.25. The number of benzene rings is 1. The van der Waals surface area contributed by atoms with Crippen molar-refractivity contribution in [2.45, 2.75) is 46.7 Å². The van der Waals surface area contributed by atoms with Crippen LogP contribution in [0.5, 0.6) is 0 Å². The highest BCUT2D eigenvalue weighted by Crippen LogP contribution is 2.19. The summed E-state index contributed by atoms with van der Waals surface area (Å²) in [5.74, 6) is 0. The highest BCUT2D eigenvalue weighted by atomic mass is 16.5. The molecule has 1 N–H and O–H groups in total. The molecule has 1 unspecified atom stereocenters. The summed E-state index contributed by atoms with van der Waals surface area (Å²) in [7, 11) is 1.77. The van der Waals surface area contributed by atoms with Crippen LogP contribution in [0.25, 0.3) is 0 Å². The molecule has 21 heavy (non-hydrogen) atoms. The molecular formula is C18H32N2O. The maximum atomic E-state index is 5.25. The molecule has 1 atom stereocenters. The molecule has 0 spiro atoms. The van der Waals surface area contributed by atoms with Gasteiger partial charge in [-0.25, -0.2) is 0 Å². The van der Waals surface area contributed by atoms with Crippen molar-refractivity contribution in [1.82, 2.24) is 10.2 Å². The van der Waals surface area contributed by atoms with Crippen LogP contribution in [0.2, 0.25) is 0 Å². The molecule has 0 heterocycles. The minimum atomic E-state index is 0.368. The quantitative estimate of drug-likeness (QED) is 0.756. The third-order valence-electron chi connectivity index (χ3n) is 3.83. The van der Waals surface area contributed by atoms with E-state index in [1.807, 2.05) is 0 Å². The highest BCUT2D eigenvalue weighted by Gasteiger charge is 2.18. The number of nitrogens with zero attached hydrogens (tertiary/aromatic N) is 1. The van der Waals surface area contributed by atoms with Crippen molar-refractivity contribution in [2.24, 2.45) is 0 Å². The summed E-state index contributed by atoms with van der Waals surface area (Å²) < 4.78 is 5.25. The van der Waals surface area contributed by atoms with Crippen molar-refractivity contribution in [3.8, 4) is 0 Å². The van der Waals surface area contributed by atoms with Gasteiger partial charge >= 0.3 is 0 Å². The van der Waals surface area contributed by atoms with Crippen molar-refractivity contribution in [1.29, 1.82) is 0 Å². The van der Waals surface area contributed by atoms with Gasteiger partial charge in [-0.3, -0.25) is 4.90 Å². The van der Waals surface area contributed by atoms with Gasteiger partial charge < -0.3 is 10.1 Å². The van der Waals surface area contributed by atoms with Gasteiger partial charge in [-0.15, -0.1) is 0 Å². The average molecular weight is 292 g/mol. The van der Waals surface area contributed by atoms with Gasteiger partial charge in [0, 0.05) is 32.3 Å². The van der Waals surface area contributed by atoms with Crippen LogP contribution in [-0.2, 0) is 4.74 Å². The molecule has 1 aromatic carbocycles. The van der Waals surface area contributed by atoms with Gasteiger partial charge in [0.25, 0.3) is 0 Å². The summed E-state index contributed by atoms with van der Waals surface area (Å²) in [6.45, 7) is 14.8. The summed E-state index contributed by atoms with van der Waals surface area (Å²) in [4.78, 5) is 2.48. The first-order valence-electron chi connectivity index (χ1n) is 8.02. The van der Waals surface area contributed by atoms with Crippen molar-refractivity contribution in [2.75, 3.05) is 33.4 Å². The number of methoxy groups -OCH3 is 1. The zero-order valence-corrected chi connectivity index (χ0v) is 14.6. The first kappa shape index (κ1) is 18.1. The monoisotopic (exact) mass is 292 g/mol. The van der Waals surface area contributed by atoms with Gasteiger partial charge in [0.1, 0.15) is 0 Å². The Hall–Kier alpha value is -0.900. The van der Waals surface area contributed by atoms with Crippen LogP contribution in [0, 0.1) is 13.8 Å². The molecule has 1 rings (SSSR count). The smallest absolute Gasteiger partial charge is 0.0589 e. The molecule has 0 aliphatic heterocycles. The lowest BCUT2D eigenvalue weighted by Gasteiger charge is -2.31. The summed E-state index contributed by atoms with van der Waals surface area (Å²) in [6.07, 6.45) is 0. The lowest BCUT2D eigenvalue weighted by atomic mass is 10.0. The largest absolute Gasteiger partial charge is 0.383 e. The lowest BCUT2D eigenvalue weighted by molar-refractivity contribution is 0.121.